The maximum absolute atomic E-state index is 12.9. The first-order valence-electron chi connectivity index (χ1n) is 8.22. The smallest absolute Gasteiger partial charge is 0.163 e. The van der Waals surface area contributed by atoms with Crippen molar-refractivity contribution in [3.05, 3.63) is 64.9 Å². The molecule has 126 valence electrons. The van der Waals surface area contributed by atoms with Gasteiger partial charge in [-0.1, -0.05) is 51.1 Å². The Morgan fingerprint density at radius 1 is 1.29 bits per heavy atom. The Morgan fingerprint density at radius 2 is 1.96 bits per heavy atom. The highest BCUT2D eigenvalue weighted by molar-refractivity contribution is 6.30. The molecule has 0 amide bonds. The molecule has 0 bridgehead atoms. The lowest BCUT2D eigenvalue weighted by molar-refractivity contribution is -0.118. The first kappa shape index (κ1) is 18.2. The first-order chi connectivity index (χ1) is 11.5. The Morgan fingerprint density at radius 3 is 2.50 bits per heavy atom. The van der Waals surface area contributed by atoms with Gasteiger partial charge in [-0.3, -0.25) is 4.79 Å². The van der Waals surface area contributed by atoms with Crippen molar-refractivity contribution < 1.29 is 4.79 Å². The van der Waals surface area contributed by atoms with Crippen LogP contribution in [0.3, 0.4) is 0 Å². The predicted octanol–water partition coefficient (Wildman–Crippen LogP) is 5.45. The van der Waals surface area contributed by atoms with Crippen LogP contribution in [0.15, 0.2) is 59.4 Å². The number of halogens is 1. The zero-order chi connectivity index (χ0) is 17.7. The molecule has 1 atom stereocenters. The molecule has 3 nitrogen and oxygen atoms in total. The van der Waals surface area contributed by atoms with E-state index in [2.05, 4.69) is 11.7 Å². The van der Waals surface area contributed by atoms with Crippen LogP contribution < -0.4 is 0 Å². The van der Waals surface area contributed by atoms with Gasteiger partial charge in [-0.25, -0.2) is 5.01 Å². The van der Waals surface area contributed by atoms with Crippen molar-refractivity contribution >= 4 is 29.3 Å². The van der Waals surface area contributed by atoms with Crippen LogP contribution >= 0.6 is 11.6 Å². The molecule has 0 saturated heterocycles. The molecule has 0 spiro atoms. The van der Waals surface area contributed by atoms with Crippen molar-refractivity contribution in [3.63, 3.8) is 0 Å². The minimum atomic E-state index is -0.0279. The van der Waals surface area contributed by atoms with E-state index in [4.69, 9.17) is 11.6 Å². The van der Waals surface area contributed by atoms with Gasteiger partial charge < -0.3 is 0 Å². The third-order valence-electron chi connectivity index (χ3n) is 4.16. The summed E-state index contributed by atoms with van der Waals surface area (Å²) in [5.41, 5.74) is 3.18. The summed E-state index contributed by atoms with van der Waals surface area (Å²) < 4.78 is 0. The Balaban J connectivity index is 2.64. The minimum Gasteiger partial charge on any atom is -0.294 e. The van der Waals surface area contributed by atoms with Crippen LogP contribution in [0.1, 0.15) is 39.2 Å². The van der Waals surface area contributed by atoms with E-state index in [1.165, 1.54) is 0 Å². The van der Waals surface area contributed by atoms with E-state index in [0.29, 0.717) is 11.4 Å². The normalized spacial score (nSPS) is 16.2. The van der Waals surface area contributed by atoms with Crippen molar-refractivity contribution in [3.8, 4) is 0 Å². The Labute approximate surface area is 149 Å². The number of Topliss-reactive ketones (excluding diaryl/α,β-unsaturated/α-hetero) is 1. The molecule has 1 aromatic carbocycles. The quantitative estimate of drug-likeness (QED) is 0.644. The number of carbonyl (C=O) groups excluding carboxylic acids is 1. The first-order valence-corrected chi connectivity index (χ1v) is 8.60. The van der Waals surface area contributed by atoms with Crippen LogP contribution in [-0.4, -0.2) is 17.0 Å². The van der Waals surface area contributed by atoms with E-state index in [-0.39, 0.29) is 11.7 Å². The third-order valence-corrected chi connectivity index (χ3v) is 4.41. The van der Waals surface area contributed by atoms with E-state index in [1.807, 2.05) is 57.2 Å². The average Bonchev–Trinajstić information content (AvgIpc) is 2.60. The maximum Gasteiger partial charge on any atom is 0.163 e. The van der Waals surface area contributed by atoms with Crippen molar-refractivity contribution in [2.45, 2.75) is 33.6 Å². The Kier molecular flexibility index (Phi) is 6.16. The highest BCUT2D eigenvalue weighted by Crippen LogP contribution is 2.32. The van der Waals surface area contributed by atoms with Crippen LogP contribution in [0, 0.1) is 5.92 Å². The predicted molar refractivity (Wildman–Crippen MR) is 102 cm³/mol. The number of allylic oxidation sites excluding steroid dienone is 3. The Bertz CT molecular complexity index is 714. The fourth-order valence-electron chi connectivity index (χ4n) is 2.58. The number of benzene rings is 1. The third kappa shape index (κ3) is 3.85. The largest absolute Gasteiger partial charge is 0.294 e. The van der Waals surface area contributed by atoms with Gasteiger partial charge >= 0.3 is 0 Å². The van der Waals surface area contributed by atoms with Gasteiger partial charge in [0, 0.05) is 28.3 Å². The van der Waals surface area contributed by atoms with E-state index < -0.39 is 0 Å². The lowest BCUT2D eigenvalue weighted by Crippen LogP contribution is -2.22. The number of hydrazone groups is 1. The summed E-state index contributed by atoms with van der Waals surface area (Å²) in [5, 5.41) is 6.82. The van der Waals surface area contributed by atoms with Gasteiger partial charge in [-0.2, -0.15) is 5.10 Å². The monoisotopic (exact) mass is 342 g/mol. The molecule has 1 aliphatic rings. The minimum absolute atomic E-state index is 0.0279. The van der Waals surface area contributed by atoms with Crippen LogP contribution in [0.25, 0.3) is 5.70 Å². The molecule has 2 rings (SSSR count). The molecule has 0 N–H and O–H groups in total. The molecule has 0 fully saturated rings. The Hall–Kier alpha value is -2.13. The molecule has 1 heterocycles. The number of hydrogen-bond donors (Lipinski definition) is 0. The highest BCUT2D eigenvalue weighted by Gasteiger charge is 2.25. The molecule has 0 aromatic heterocycles. The van der Waals surface area contributed by atoms with Gasteiger partial charge in [0.1, 0.15) is 0 Å². The highest BCUT2D eigenvalue weighted by atomic mass is 35.5. The van der Waals surface area contributed by atoms with Gasteiger partial charge in [0.2, 0.25) is 0 Å². The van der Waals surface area contributed by atoms with E-state index in [0.717, 1.165) is 29.0 Å². The van der Waals surface area contributed by atoms with E-state index in [1.54, 1.807) is 11.2 Å². The van der Waals surface area contributed by atoms with Crippen LogP contribution in [0.2, 0.25) is 5.02 Å². The lowest BCUT2D eigenvalue weighted by atomic mass is 9.91. The summed E-state index contributed by atoms with van der Waals surface area (Å²) in [6.07, 6.45) is 6.85. The lowest BCUT2D eigenvalue weighted by Gasteiger charge is -2.27. The summed E-state index contributed by atoms with van der Waals surface area (Å²) in [5.74, 6) is 0.127. The number of nitrogens with zero attached hydrogens (tertiary/aromatic N) is 2. The van der Waals surface area contributed by atoms with Gasteiger partial charge in [0.05, 0.1) is 11.4 Å². The molecule has 0 aliphatic carbocycles. The average molecular weight is 343 g/mol. The van der Waals surface area contributed by atoms with E-state index >= 15 is 0 Å². The topological polar surface area (TPSA) is 32.7 Å². The zero-order valence-electron chi connectivity index (χ0n) is 14.4. The summed E-state index contributed by atoms with van der Waals surface area (Å²) >= 11 is 6.02. The second-order valence-electron chi connectivity index (χ2n) is 5.79. The van der Waals surface area contributed by atoms with E-state index in [9.17, 15) is 4.79 Å². The molecule has 1 aliphatic heterocycles. The van der Waals surface area contributed by atoms with Gasteiger partial charge in [-0.15, -0.1) is 0 Å². The number of carbonyl (C=O) groups is 1. The fraction of sp³-hybridized carbons (Fsp3) is 0.300. The van der Waals surface area contributed by atoms with Crippen molar-refractivity contribution in [1.29, 1.82) is 0 Å². The van der Waals surface area contributed by atoms with Gasteiger partial charge in [0.25, 0.3) is 0 Å². The summed E-state index contributed by atoms with van der Waals surface area (Å²) in [6.45, 7) is 10.0. The number of rotatable bonds is 6. The second kappa shape index (κ2) is 8.11. The molecular formula is C20H23ClN2O. The van der Waals surface area contributed by atoms with Crippen LogP contribution in [0.4, 0.5) is 0 Å². The second-order valence-corrected chi connectivity index (χ2v) is 6.22. The molecule has 0 radical (unpaired) electrons. The van der Waals surface area contributed by atoms with Gasteiger partial charge in [-0.05, 0) is 37.1 Å². The van der Waals surface area contributed by atoms with Crippen molar-refractivity contribution in [2.75, 3.05) is 0 Å². The number of hydrogen-bond acceptors (Lipinski definition) is 3. The summed E-state index contributed by atoms with van der Waals surface area (Å²) in [7, 11) is 0. The summed E-state index contributed by atoms with van der Waals surface area (Å²) in [4.78, 5) is 12.9. The van der Waals surface area contributed by atoms with Gasteiger partial charge in [0.15, 0.2) is 5.78 Å². The standard InChI is InChI=1S/C20H23ClN2O/c1-5-14(3)20(24)18(6-2)19(16-9-11-17(21)12-10-16)23-15(4)8-7-13-22-23/h7-14H,4-6H2,1-3H3/b19-18+. The van der Waals surface area contributed by atoms with Crippen molar-refractivity contribution in [2.24, 2.45) is 11.0 Å². The van der Waals surface area contributed by atoms with Crippen LogP contribution in [0.5, 0.6) is 0 Å². The molecule has 1 unspecified atom stereocenters. The maximum atomic E-state index is 12.9. The van der Waals surface area contributed by atoms with Crippen molar-refractivity contribution in [1.82, 2.24) is 5.01 Å². The zero-order valence-corrected chi connectivity index (χ0v) is 15.2. The molecule has 1 aromatic rings. The molecular weight excluding hydrogens is 320 g/mol. The summed E-state index contributed by atoms with van der Waals surface area (Å²) in [6, 6.07) is 7.48. The fourth-order valence-corrected chi connectivity index (χ4v) is 2.70. The SMILES string of the molecule is C=C1C=CC=NN1/C(=C(\CC)C(=O)C(C)CC)c1ccc(Cl)cc1. The number of ketones is 1. The molecule has 0 saturated carbocycles. The van der Waals surface area contributed by atoms with Crippen LogP contribution in [-0.2, 0) is 4.79 Å². The molecule has 4 heteroatoms. The molecule has 24 heavy (non-hydrogen) atoms.